The molecule has 4 N–H and O–H groups in total. The largest absolute Gasteiger partial charge is 0.466 e. The number of hydrogen-bond donors (Lipinski definition) is 4. The van der Waals surface area contributed by atoms with Crippen molar-refractivity contribution in [2.24, 2.45) is 65.1 Å². The Morgan fingerprint density at radius 1 is 0.548 bits per heavy atom. The highest BCUT2D eigenvalue weighted by Gasteiger charge is 2.54. The van der Waals surface area contributed by atoms with Gasteiger partial charge >= 0.3 is 5.97 Å². The van der Waals surface area contributed by atoms with E-state index in [4.69, 9.17) is 24.8 Å². The maximum Gasteiger partial charge on any atom is 0.311 e. The Labute approximate surface area is 615 Å². The van der Waals surface area contributed by atoms with Gasteiger partial charge in [0, 0.05) is 73.7 Å². The van der Waals surface area contributed by atoms with Crippen molar-refractivity contribution in [3.63, 3.8) is 0 Å². The number of aryl methyl sites for hydroxylation is 1. The molecule has 2 aromatic carbocycles. The molecule has 15 aliphatic rings. The third-order valence-corrected chi connectivity index (χ3v) is 29.6. The summed E-state index contributed by atoms with van der Waals surface area (Å²) in [4.78, 5) is 54.0. The zero-order chi connectivity index (χ0) is 71.5. The molecule has 562 valence electrons. The van der Waals surface area contributed by atoms with Gasteiger partial charge in [0.1, 0.15) is 5.82 Å². The fraction of sp³-hybridized carbons (Fsp3) is 0.699. The molecule has 21 heteroatoms. The van der Waals surface area contributed by atoms with Crippen LogP contribution in [0.15, 0.2) is 54.6 Å². The molecule has 12 fully saturated rings. The van der Waals surface area contributed by atoms with Crippen LogP contribution in [0.1, 0.15) is 288 Å². The summed E-state index contributed by atoms with van der Waals surface area (Å²) < 4.78 is 60.4. The Morgan fingerprint density at radius 2 is 1.08 bits per heavy atom. The number of methoxy groups -OCH3 is 1. The van der Waals surface area contributed by atoms with Crippen molar-refractivity contribution in [2.45, 2.75) is 274 Å². The van der Waals surface area contributed by atoms with Gasteiger partial charge in [0.25, 0.3) is 27.9 Å². The van der Waals surface area contributed by atoms with Crippen LogP contribution < -0.4 is 20.7 Å². The molecule has 3 amide bonds. The standard InChI is InChI=1S/C32H36FN3O3.C26H41N5O3S.C25H37N3O2/c1-2-39-32(38)27-22-13-14-23(19-22)28(27)34-31(37)29-26-10-6-9-21(12-11-20-7-4-3-5-8-20)30(26)36(35-29)25-17-15-24(33)16-18-25;1-30(2)35(33,34)29-20-8-9-23-22(15-20)25(28-31(23)21-6-4-3-5-7-21)26(32)27-24-18-11-16-10-17(13-18)14-19(24)12-16;1-30-21-9-5-8-20-23(27-28(24(20)21)19-6-3-2-4-7-19)25(29)26-22-17-11-15-10-16(13-17)14-18(22)12-15/h3-5,7-8,15-18,21-23,27-28H,2,6,9-14,19H2,1H3,(H,34,37);16-21,24,29H,3-15H2,1-2H3,(H,27,32);15-19,21-22H,2-14H2,1H3,(H,26,29)/t21?,22?,23?,27-,28+;;/m0../s1. The van der Waals surface area contributed by atoms with E-state index < -0.39 is 10.2 Å². The summed E-state index contributed by atoms with van der Waals surface area (Å²) in [7, 11) is 1.37. The van der Waals surface area contributed by atoms with E-state index in [2.05, 4.69) is 54.3 Å². The normalized spacial score (nSPS) is 32.2. The van der Waals surface area contributed by atoms with Gasteiger partial charge in [-0.3, -0.25) is 28.5 Å². The third-order valence-electron chi connectivity index (χ3n) is 28.0. The lowest BCUT2D eigenvalue weighted by atomic mass is 9.54. The highest BCUT2D eigenvalue weighted by molar-refractivity contribution is 7.87. The molecule has 0 radical (unpaired) electrons. The number of ether oxygens (including phenoxy) is 2. The van der Waals surface area contributed by atoms with Gasteiger partial charge in [-0.05, 0) is 276 Å². The minimum Gasteiger partial charge on any atom is -0.466 e. The molecule has 12 saturated carbocycles. The molecule has 0 aliphatic heterocycles. The number of fused-ring (bicyclic) bond motifs is 5. The summed E-state index contributed by atoms with van der Waals surface area (Å²) in [5, 5.41) is 25.1. The third kappa shape index (κ3) is 14.6. The van der Waals surface area contributed by atoms with E-state index in [1.54, 1.807) is 26.2 Å². The summed E-state index contributed by atoms with van der Waals surface area (Å²) in [6.07, 6.45) is 38.2. The first-order valence-corrected chi connectivity index (χ1v) is 42.4. The zero-order valence-electron chi connectivity index (χ0n) is 62.1. The number of halogens is 1. The van der Waals surface area contributed by atoms with Gasteiger partial charge in [-0.15, -0.1) is 0 Å². The van der Waals surface area contributed by atoms with Crippen LogP contribution in [-0.2, 0) is 56.6 Å². The van der Waals surface area contributed by atoms with E-state index in [1.807, 2.05) is 24.8 Å². The zero-order valence-corrected chi connectivity index (χ0v) is 62.9. The molecule has 19 nitrogen and oxygen atoms in total. The van der Waals surface area contributed by atoms with E-state index in [0.717, 1.165) is 148 Å². The van der Waals surface area contributed by atoms with Crippen LogP contribution in [0.2, 0.25) is 0 Å². The molecular weight excluding hydrogens is 1330 g/mol. The van der Waals surface area contributed by atoms with E-state index in [-0.39, 0.29) is 71.5 Å². The van der Waals surface area contributed by atoms with Crippen LogP contribution in [0.25, 0.3) is 5.69 Å². The van der Waals surface area contributed by atoms with Gasteiger partial charge < -0.3 is 25.4 Å². The molecule has 0 spiro atoms. The predicted molar refractivity (Wildman–Crippen MR) is 396 cm³/mol. The number of amides is 3. The molecule has 5 unspecified atom stereocenters. The highest BCUT2D eigenvalue weighted by atomic mass is 32.2. The maximum atomic E-state index is 13.9. The van der Waals surface area contributed by atoms with Crippen LogP contribution in [0.4, 0.5) is 4.39 Å². The molecule has 10 bridgehead atoms. The van der Waals surface area contributed by atoms with Crippen molar-refractivity contribution in [3.8, 4) is 5.69 Å². The number of hydrogen-bond acceptors (Lipinski definition) is 11. The van der Waals surface area contributed by atoms with Gasteiger partial charge in [0.2, 0.25) is 0 Å². The number of nitrogens with one attached hydrogen (secondary N) is 4. The van der Waals surface area contributed by atoms with E-state index in [9.17, 15) is 32.0 Å². The number of aromatic nitrogens is 6. The molecule has 5 aromatic rings. The highest BCUT2D eigenvalue weighted by Crippen LogP contribution is 2.56. The van der Waals surface area contributed by atoms with Crippen LogP contribution in [-0.4, -0.2) is 118 Å². The molecular formula is C83H114FN11O8S. The topological polar surface area (TPSA) is 226 Å². The number of carbonyl (C=O) groups excluding carboxylic acids is 4. The summed E-state index contributed by atoms with van der Waals surface area (Å²) in [6.45, 7) is 2.16. The number of nitrogens with zero attached hydrogens (tertiary/aromatic N) is 7. The van der Waals surface area contributed by atoms with Crippen LogP contribution >= 0.6 is 0 Å². The van der Waals surface area contributed by atoms with Gasteiger partial charge in [-0.2, -0.15) is 32.7 Å². The lowest BCUT2D eigenvalue weighted by Gasteiger charge is -2.54. The van der Waals surface area contributed by atoms with Crippen LogP contribution in [0, 0.1) is 70.9 Å². The summed E-state index contributed by atoms with van der Waals surface area (Å²) in [5.74, 6) is 6.08. The Kier molecular flexibility index (Phi) is 21.3. The Balaban J connectivity index is 0.000000121. The second kappa shape index (κ2) is 30.8. The van der Waals surface area contributed by atoms with E-state index >= 15 is 0 Å². The molecule has 20 rings (SSSR count). The minimum atomic E-state index is -3.53. The Hall–Kier alpha value is -6.29. The quantitative estimate of drug-likeness (QED) is 0.0604. The van der Waals surface area contributed by atoms with Crippen molar-refractivity contribution in [1.29, 1.82) is 0 Å². The van der Waals surface area contributed by atoms with Crippen molar-refractivity contribution in [2.75, 3.05) is 27.8 Å². The molecule has 104 heavy (non-hydrogen) atoms. The van der Waals surface area contributed by atoms with Gasteiger partial charge in [0.05, 0.1) is 47.8 Å². The maximum absolute atomic E-state index is 13.9. The van der Waals surface area contributed by atoms with Crippen molar-refractivity contribution in [3.05, 3.63) is 117 Å². The number of benzene rings is 2. The summed E-state index contributed by atoms with van der Waals surface area (Å²) in [5.41, 5.74) is 10.3. The van der Waals surface area contributed by atoms with Crippen molar-refractivity contribution < 1.29 is 41.5 Å². The molecule has 7 atom stereocenters. The van der Waals surface area contributed by atoms with E-state index in [1.165, 1.54) is 149 Å². The van der Waals surface area contributed by atoms with Crippen molar-refractivity contribution in [1.82, 2.24) is 54.3 Å². The monoisotopic (exact) mass is 1440 g/mol. The molecule has 3 aromatic heterocycles. The second-order valence-electron chi connectivity index (χ2n) is 34.6. The summed E-state index contributed by atoms with van der Waals surface area (Å²) in [6, 6.07) is 17.8. The van der Waals surface area contributed by atoms with E-state index in [0.29, 0.717) is 77.8 Å². The average molecular weight is 1440 g/mol. The second-order valence-corrected chi connectivity index (χ2v) is 36.5. The Morgan fingerprint density at radius 3 is 1.65 bits per heavy atom. The smallest absolute Gasteiger partial charge is 0.311 e. The molecule has 3 heterocycles. The lowest BCUT2D eigenvalue weighted by Crippen LogP contribution is -2.56. The van der Waals surface area contributed by atoms with Crippen LogP contribution in [0.3, 0.4) is 0 Å². The lowest BCUT2D eigenvalue weighted by molar-refractivity contribution is -0.150. The first kappa shape index (κ1) is 71.9. The summed E-state index contributed by atoms with van der Waals surface area (Å²) >= 11 is 0. The molecule has 0 saturated heterocycles. The van der Waals surface area contributed by atoms with Crippen LogP contribution in [0.5, 0.6) is 0 Å². The van der Waals surface area contributed by atoms with Crippen molar-refractivity contribution >= 4 is 33.9 Å². The van der Waals surface area contributed by atoms with Gasteiger partial charge in [-0.1, -0.05) is 68.9 Å². The SMILES string of the molecule is CCOC(=O)[C@H]1C2CCC(C2)[C@H]1NC(=O)c1nn(-c2ccc(F)cc2)c2c1CCCC2CCc1ccccc1.CN(C)S(=O)(=O)NC1CCc2c(c(C(=O)NC3C4CC5CC(C4)CC3C5)nn2C2CCCCC2)C1.COC1CCCc2c(C(=O)NC3C4CC5CC(C4)CC3C5)nn(C3CCCCC3)c21. The predicted octanol–water partition coefficient (Wildman–Crippen LogP) is 13.9. The fourth-order valence-electron chi connectivity index (χ4n) is 23.6. The first-order chi connectivity index (χ1) is 50.5. The van der Waals surface area contributed by atoms with Gasteiger partial charge in [0.15, 0.2) is 17.1 Å². The number of rotatable bonds is 18. The Bertz CT molecular complexity index is 3970. The number of carbonyl (C=O) groups is 4. The first-order valence-electron chi connectivity index (χ1n) is 41.0. The fourth-order valence-corrected chi connectivity index (χ4v) is 24.5. The molecule has 15 aliphatic carbocycles. The number of esters is 1. The minimum absolute atomic E-state index is 0.0376. The average Bonchev–Trinajstić information content (AvgIpc) is 1.45. The van der Waals surface area contributed by atoms with Gasteiger partial charge in [-0.25, -0.2) is 9.07 Å².